The van der Waals surface area contributed by atoms with Gasteiger partial charge in [-0.2, -0.15) is 0 Å². The molecule has 136 valence electrons. The highest BCUT2D eigenvalue weighted by Crippen LogP contribution is 2.26. The van der Waals surface area contributed by atoms with Crippen LogP contribution < -0.4 is 10.0 Å². The number of benzene rings is 2. The van der Waals surface area contributed by atoms with E-state index in [1.54, 1.807) is 25.1 Å². The van der Waals surface area contributed by atoms with E-state index in [-0.39, 0.29) is 11.5 Å². The molecule has 26 heavy (non-hydrogen) atoms. The van der Waals surface area contributed by atoms with Gasteiger partial charge in [-0.1, -0.05) is 0 Å². The fraction of sp³-hybridized carbons (Fsp3) is 0.176. The Bertz CT molecular complexity index is 1040. The monoisotopic (exact) mass is 391 g/mol. The summed E-state index contributed by atoms with van der Waals surface area (Å²) in [4.78, 5) is 15.8. The maximum absolute atomic E-state index is 12.5. The molecule has 0 aliphatic heterocycles. The summed E-state index contributed by atoms with van der Waals surface area (Å²) in [5, 5.41) is 3.43. The quantitative estimate of drug-likeness (QED) is 0.686. The van der Waals surface area contributed by atoms with Crippen molar-refractivity contribution >= 4 is 49.0 Å². The van der Waals surface area contributed by atoms with E-state index in [0.717, 1.165) is 15.2 Å². The molecule has 9 heteroatoms. The van der Waals surface area contributed by atoms with Gasteiger partial charge in [0.25, 0.3) is 10.0 Å². The zero-order valence-electron chi connectivity index (χ0n) is 14.1. The molecule has 0 radical (unpaired) electrons. The molecule has 0 fully saturated rings. The summed E-state index contributed by atoms with van der Waals surface area (Å²) >= 11 is 1.50. The maximum atomic E-state index is 12.5. The molecule has 1 heterocycles. The highest BCUT2D eigenvalue weighted by molar-refractivity contribution is 7.92. The molecule has 2 N–H and O–H groups in total. The summed E-state index contributed by atoms with van der Waals surface area (Å²) in [7, 11) is -3.74. The van der Waals surface area contributed by atoms with E-state index >= 15 is 0 Å². The van der Waals surface area contributed by atoms with Gasteiger partial charge in [-0.3, -0.25) is 10.0 Å². The third-order valence-electron chi connectivity index (χ3n) is 3.43. The molecule has 0 bridgehead atoms. The van der Waals surface area contributed by atoms with Crippen LogP contribution >= 0.6 is 11.3 Å². The number of hydrogen-bond donors (Lipinski definition) is 2. The Kier molecular flexibility index (Phi) is 5.10. The van der Waals surface area contributed by atoms with Crippen molar-refractivity contribution in [3.8, 4) is 0 Å². The number of hydrogen-bond acceptors (Lipinski definition) is 6. The average Bonchev–Trinajstić information content (AvgIpc) is 2.94. The lowest BCUT2D eigenvalue weighted by Gasteiger charge is -2.09. The summed E-state index contributed by atoms with van der Waals surface area (Å²) in [5.74, 6) is 0. The lowest BCUT2D eigenvalue weighted by Crippen LogP contribution is -2.14. The minimum atomic E-state index is -3.74. The number of aryl methyl sites for hydroxylation is 1. The number of fused-ring (bicyclic) bond motifs is 1. The zero-order valence-corrected chi connectivity index (χ0v) is 15.8. The van der Waals surface area contributed by atoms with Crippen LogP contribution in [0.25, 0.3) is 10.2 Å². The zero-order chi connectivity index (χ0) is 18.7. The fourth-order valence-electron chi connectivity index (χ4n) is 2.32. The van der Waals surface area contributed by atoms with E-state index < -0.39 is 16.1 Å². The number of nitrogens with zero attached hydrogens (tertiary/aromatic N) is 1. The molecule has 0 aliphatic rings. The Balaban J connectivity index is 1.77. The van der Waals surface area contributed by atoms with Crippen molar-refractivity contribution in [1.82, 2.24) is 4.98 Å². The number of amides is 1. The van der Waals surface area contributed by atoms with Crippen molar-refractivity contribution in [3.05, 3.63) is 47.5 Å². The smallest absolute Gasteiger partial charge is 0.411 e. The second-order valence-electron chi connectivity index (χ2n) is 5.39. The molecule has 3 rings (SSSR count). The van der Waals surface area contributed by atoms with Gasteiger partial charge in [-0.25, -0.2) is 18.2 Å². The van der Waals surface area contributed by atoms with Crippen molar-refractivity contribution in [2.24, 2.45) is 0 Å². The van der Waals surface area contributed by atoms with Gasteiger partial charge in [0.1, 0.15) is 0 Å². The topological polar surface area (TPSA) is 97.4 Å². The molecule has 0 saturated carbocycles. The van der Waals surface area contributed by atoms with Crippen LogP contribution in [0.1, 0.15) is 11.9 Å². The minimum Gasteiger partial charge on any atom is -0.450 e. The molecule has 0 atom stereocenters. The third-order valence-corrected chi connectivity index (χ3v) is 5.76. The highest BCUT2D eigenvalue weighted by atomic mass is 32.2. The first-order valence-corrected chi connectivity index (χ1v) is 10.1. The lowest BCUT2D eigenvalue weighted by molar-refractivity contribution is 0.168. The van der Waals surface area contributed by atoms with Gasteiger partial charge >= 0.3 is 6.09 Å². The molecule has 0 aliphatic carbocycles. The molecule has 1 aromatic heterocycles. The largest absolute Gasteiger partial charge is 0.450 e. The Hall–Kier alpha value is -2.65. The van der Waals surface area contributed by atoms with Crippen LogP contribution in [0.2, 0.25) is 0 Å². The van der Waals surface area contributed by atoms with E-state index in [2.05, 4.69) is 15.0 Å². The summed E-state index contributed by atoms with van der Waals surface area (Å²) in [6, 6.07) is 11.0. The van der Waals surface area contributed by atoms with Gasteiger partial charge in [0.15, 0.2) is 0 Å². The van der Waals surface area contributed by atoms with Crippen molar-refractivity contribution in [1.29, 1.82) is 0 Å². The lowest BCUT2D eigenvalue weighted by atomic mass is 10.3. The van der Waals surface area contributed by atoms with Crippen molar-refractivity contribution < 1.29 is 17.9 Å². The van der Waals surface area contributed by atoms with Crippen LogP contribution in [0.5, 0.6) is 0 Å². The Morgan fingerprint density at radius 3 is 2.54 bits per heavy atom. The first-order valence-electron chi connectivity index (χ1n) is 7.81. The molecule has 7 nitrogen and oxygen atoms in total. The number of aromatic nitrogens is 1. The Morgan fingerprint density at radius 1 is 1.15 bits per heavy atom. The van der Waals surface area contributed by atoms with Crippen LogP contribution in [0, 0.1) is 6.92 Å². The molecule has 3 aromatic rings. The summed E-state index contributed by atoms with van der Waals surface area (Å²) in [6.45, 7) is 3.86. The van der Waals surface area contributed by atoms with Crippen LogP contribution in [0.15, 0.2) is 47.4 Å². The van der Waals surface area contributed by atoms with Crippen molar-refractivity contribution in [2.45, 2.75) is 18.7 Å². The number of nitrogens with one attached hydrogen (secondary N) is 2. The van der Waals surface area contributed by atoms with E-state index in [0.29, 0.717) is 11.4 Å². The predicted octanol–water partition coefficient (Wildman–Crippen LogP) is 3.97. The molecule has 0 spiro atoms. The van der Waals surface area contributed by atoms with E-state index in [1.807, 2.05) is 6.92 Å². The number of carbonyl (C=O) groups is 1. The molecule has 0 unspecified atom stereocenters. The van der Waals surface area contributed by atoms with Gasteiger partial charge < -0.3 is 4.74 Å². The van der Waals surface area contributed by atoms with Crippen molar-refractivity contribution in [3.63, 3.8) is 0 Å². The number of sulfonamides is 1. The average molecular weight is 391 g/mol. The SMILES string of the molecule is CCOC(=O)Nc1ccc(S(=O)(=O)Nc2ccc3nc(C)sc3c2)cc1. The molecular formula is C17H17N3O4S2. The predicted molar refractivity (Wildman–Crippen MR) is 102 cm³/mol. The van der Waals surface area contributed by atoms with Gasteiger partial charge in [-0.05, 0) is 56.3 Å². The summed E-state index contributed by atoms with van der Waals surface area (Å²) in [6.07, 6.45) is -0.589. The van der Waals surface area contributed by atoms with E-state index in [9.17, 15) is 13.2 Å². The Labute approximate surface area is 155 Å². The van der Waals surface area contributed by atoms with Gasteiger partial charge in [0, 0.05) is 5.69 Å². The third kappa shape index (κ3) is 4.12. The normalized spacial score (nSPS) is 11.3. The van der Waals surface area contributed by atoms with Crippen LogP contribution in [-0.4, -0.2) is 26.1 Å². The number of rotatable bonds is 5. The molecule has 1 amide bonds. The molecule has 2 aromatic carbocycles. The fourth-order valence-corrected chi connectivity index (χ4v) is 4.24. The molecular weight excluding hydrogens is 374 g/mol. The number of anilines is 2. The van der Waals surface area contributed by atoms with Crippen molar-refractivity contribution in [2.75, 3.05) is 16.6 Å². The number of thiazole rings is 1. The Morgan fingerprint density at radius 2 is 1.85 bits per heavy atom. The highest BCUT2D eigenvalue weighted by Gasteiger charge is 2.15. The maximum Gasteiger partial charge on any atom is 0.411 e. The van der Waals surface area contributed by atoms with Crippen LogP contribution in [0.3, 0.4) is 0 Å². The van der Waals surface area contributed by atoms with Crippen LogP contribution in [-0.2, 0) is 14.8 Å². The number of carbonyl (C=O) groups excluding carboxylic acids is 1. The second-order valence-corrected chi connectivity index (χ2v) is 8.31. The number of ether oxygens (including phenoxy) is 1. The minimum absolute atomic E-state index is 0.0903. The van der Waals surface area contributed by atoms with Crippen LogP contribution in [0.4, 0.5) is 16.2 Å². The van der Waals surface area contributed by atoms with Gasteiger partial charge in [-0.15, -0.1) is 11.3 Å². The van der Waals surface area contributed by atoms with Gasteiger partial charge in [0.05, 0.1) is 32.4 Å². The molecule has 0 saturated heterocycles. The van der Waals surface area contributed by atoms with E-state index in [1.165, 1.54) is 35.6 Å². The summed E-state index contributed by atoms with van der Waals surface area (Å²) < 4.78 is 33.3. The summed E-state index contributed by atoms with van der Waals surface area (Å²) in [5.41, 5.74) is 1.75. The van der Waals surface area contributed by atoms with E-state index in [4.69, 9.17) is 4.74 Å². The first-order chi connectivity index (χ1) is 12.4. The standard InChI is InChI=1S/C17H17N3O4S2/c1-3-24-17(21)19-12-4-7-14(8-5-12)26(22,23)20-13-6-9-15-16(10-13)25-11(2)18-15/h4-10,20H,3H2,1-2H3,(H,19,21). The first kappa shape index (κ1) is 18.2. The van der Waals surface area contributed by atoms with Gasteiger partial charge in [0.2, 0.25) is 0 Å². The second kappa shape index (κ2) is 7.30.